The molecular formula is C71H115N19O15. The summed E-state index contributed by atoms with van der Waals surface area (Å²) in [6, 6.07) is 0.236. The Hall–Kier alpha value is -9.96. The summed E-state index contributed by atoms with van der Waals surface area (Å²) in [7, 11) is 1.27. The average Bonchev–Trinajstić information content (AvgIpc) is 1.35. The first-order valence-corrected chi connectivity index (χ1v) is 36.2. The van der Waals surface area contributed by atoms with Gasteiger partial charge in [0.1, 0.15) is 60.1 Å². The smallest absolute Gasteiger partial charge is 0.245 e. The summed E-state index contributed by atoms with van der Waals surface area (Å²) in [5, 5.41) is 68.8. The predicted molar refractivity (Wildman–Crippen MR) is 394 cm³/mol. The number of aliphatic hydroxyl groups is 3. The lowest BCUT2D eigenvalue weighted by Gasteiger charge is -2.29. The third-order valence-electron chi connectivity index (χ3n) is 16.9. The van der Waals surface area contributed by atoms with Crippen molar-refractivity contribution in [1.29, 1.82) is 0 Å². The summed E-state index contributed by atoms with van der Waals surface area (Å²) in [4.78, 5) is 168. The maximum Gasteiger partial charge on any atom is 0.245 e. The quantitative estimate of drug-likeness (QED) is 0.0171. The van der Waals surface area contributed by atoms with E-state index < -0.39 is 139 Å². The predicted octanol–water partition coefficient (Wildman–Crippen LogP) is -1.63. The van der Waals surface area contributed by atoms with Crippen LogP contribution in [-0.2, 0) is 72.0 Å². The van der Waals surface area contributed by atoms with Crippen molar-refractivity contribution in [2.24, 2.45) is 38.8 Å². The van der Waals surface area contributed by atoms with Crippen LogP contribution in [-0.4, -0.2) is 208 Å². The molecule has 0 spiro atoms. The van der Waals surface area contributed by atoms with Gasteiger partial charge >= 0.3 is 0 Å². The van der Waals surface area contributed by atoms with E-state index in [1.54, 1.807) is 44.2 Å². The third kappa shape index (κ3) is 36.8. The summed E-state index contributed by atoms with van der Waals surface area (Å²) in [6.45, 7) is 4.43. The summed E-state index contributed by atoms with van der Waals surface area (Å²) < 4.78 is 0. The summed E-state index contributed by atoms with van der Waals surface area (Å²) >= 11 is 0. The number of hydrogen-bond donors (Lipinski definition) is 20. The number of guanidine groups is 2. The largest absolute Gasteiger partial charge is 0.508 e. The average molecular weight is 1470 g/mol. The molecule has 0 saturated heterocycles. The summed E-state index contributed by atoms with van der Waals surface area (Å²) in [5.41, 5.74) is 23.8. The highest BCUT2D eigenvalue weighted by Gasteiger charge is 2.37. The van der Waals surface area contributed by atoms with Gasteiger partial charge < -0.3 is 107 Å². The van der Waals surface area contributed by atoms with Crippen LogP contribution in [0.15, 0.2) is 77.1 Å². The van der Waals surface area contributed by atoms with E-state index in [4.69, 9.17) is 22.9 Å². The van der Waals surface area contributed by atoms with E-state index in [0.717, 1.165) is 25.7 Å². The molecule has 24 N–H and O–H groups in total. The Morgan fingerprint density at radius 1 is 0.476 bits per heavy atom. The highest BCUT2D eigenvalue weighted by atomic mass is 16.3. The molecule has 0 radical (unpaired) electrons. The van der Waals surface area contributed by atoms with E-state index in [0.29, 0.717) is 23.2 Å². The molecule has 34 nitrogen and oxygen atoms in total. The Bertz CT molecular complexity index is 3210. The lowest BCUT2D eigenvalue weighted by Crippen LogP contribution is -2.61. The van der Waals surface area contributed by atoms with E-state index in [2.05, 4.69) is 85.4 Å². The van der Waals surface area contributed by atoms with E-state index in [1.807, 2.05) is 0 Å². The number of rotatable bonds is 53. The van der Waals surface area contributed by atoms with Gasteiger partial charge in [0, 0.05) is 57.7 Å². The molecular weight excluding hydrogens is 1360 g/mol. The van der Waals surface area contributed by atoms with Crippen LogP contribution < -0.4 is 81.4 Å². The van der Waals surface area contributed by atoms with Gasteiger partial charge in [0.25, 0.3) is 0 Å². The fourth-order valence-electron chi connectivity index (χ4n) is 11.1. The molecule has 2 aromatic carbocycles. The lowest BCUT2D eigenvalue weighted by atomic mass is 10.0. The number of nitrogens with one attached hydrogen (secondary N) is 12. The standard InChI is InChI=1S/C71H115N19O15/c1-6-7-8-9-10-11-12-13-14-15-16-17-21-28-58(95)80-40-59(96)82-56(41-91)67(103)87-54(37-47-29-31-49(94)32-30-47)65(101)86-53(36-46-24-19-18-20-25-46)64(100)84-50(26-22-33-78-70(72)73)61(97)83-51(27-23-34-79-71(74)75)62(98)85-52(35-44(2)3)63(99)88-55(38-48-39-77-43-81-48)66(102)89-57(42-92)68(104)90-60(45(4)93)69(105)76-5/h18-20,24-25,29-32,39,43-45,50-57,60,91-94H,6-17,21-23,26-28,33-38,40-42H2,1-5H3,(H,76,105)(H,77,81)(H,80,95)(H,82,96)(H,83,97)(H,84,100)(H,85,98)(H,86,101)(H,87,103)(H,88,99)(H,89,102)(H,90,104)(H4,72,73,78)(H4,74,75,79)/t45-,50+,51+,52+,53+,54+,55+,56+,57+,60+/m1/s1. The maximum atomic E-state index is 14.9. The number of aliphatic imine (C=N–C) groups is 2. The molecule has 105 heavy (non-hydrogen) atoms. The Balaban J connectivity index is 1.92. The van der Waals surface area contributed by atoms with E-state index in [-0.39, 0.29) is 100 Å². The topological polar surface area (TPSA) is 558 Å². The van der Waals surface area contributed by atoms with Gasteiger partial charge in [-0.2, -0.15) is 0 Å². The molecule has 0 fully saturated rings. The Morgan fingerprint density at radius 3 is 1.33 bits per heavy atom. The molecule has 0 aliphatic carbocycles. The molecule has 3 rings (SSSR count). The first-order chi connectivity index (χ1) is 50.2. The molecule has 1 aromatic heterocycles. The minimum atomic E-state index is -1.70. The van der Waals surface area contributed by atoms with Crippen LogP contribution in [0.4, 0.5) is 0 Å². The molecule has 0 aliphatic heterocycles. The zero-order valence-corrected chi connectivity index (χ0v) is 61.2. The number of nitrogens with two attached hydrogens (primary N) is 4. The van der Waals surface area contributed by atoms with Crippen molar-refractivity contribution in [3.8, 4) is 5.75 Å². The number of aromatic amines is 1. The molecule has 584 valence electrons. The van der Waals surface area contributed by atoms with Crippen molar-refractivity contribution in [2.45, 2.75) is 229 Å². The third-order valence-corrected chi connectivity index (χ3v) is 16.9. The number of imidazole rings is 1. The number of phenols is 1. The lowest BCUT2D eigenvalue weighted by molar-refractivity contribution is -0.136. The number of carbonyl (C=O) groups is 11. The van der Waals surface area contributed by atoms with Crippen LogP contribution in [0, 0.1) is 5.92 Å². The van der Waals surface area contributed by atoms with Crippen molar-refractivity contribution in [3.63, 3.8) is 0 Å². The van der Waals surface area contributed by atoms with E-state index in [1.165, 1.54) is 102 Å². The Kier molecular flexibility index (Phi) is 42.9. The van der Waals surface area contributed by atoms with E-state index >= 15 is 0 Å². The fraction of sp³-hybridized carbons (Fsp3) is 0.606. The molecule has 0 bridgehead atoms. The van der Waals surface area contributed by atoms with E-state index in [9.17, 15) is 73.2 Å². The van der Waals surface area contributed by atoms with Crippen molar-refractivity contribution < 1.29 is 73.2 Å². The van der Waals surface area contributed by atoms with Crippen LogP contribution in [0.2, 0.25) is 0 Å². The first kappa shape index (κ1) is 89.3. The number of hydrogen-bond acceptors (Lipinski definition) is 18. The number of phenolic OH excluding ortho intramolecular Hbond substituents is 1. The number of nitrogens with zero attached hydrogens (tertiary/aromatic N) is 3. The number of carbonyl (C=O) groups excluding carboxylic acids is 11. The van der Waals surface area contributed by atoms with Crippen molar-refractivity contribution in [2.75, 3.05) is 39.9 Å². The van der Waals surface area contributed by atoms with Gasteiger partial charge in [-0.1, -0.05) is 140 Å². The normalized spacial score (nSPS) is 13.9. The molecule has 0 aliphatic rings. The molecule has 0 unspecified atom stereocenters. The van der Waals surface area contributed by atoms with Crippen LogP contribution in [0.25, 0.3) is 0 Å². The second kappa shape index (κ2) is 50.4. The molecule has 34 heteroatoms. The number of amides is 11. The van der Waals surface area contributed by atoms with Crippen molar-refractivity contribution in [3.05, 3.63) is 83.9 Å². The van der Waals surface area contributed by atoms with Gasteiger partial charge in [-0.05, 0) is 74.6 Å². The summed E-state index contributed by atoms with van der Waals surface area (Å²) in [5.74, 6) is -10.6. The highest BCUT2D eigenvalue weighted by molar-refractivity contribution is 5.99. The van der Waals surface area contributed by atoms with Crippen LogP contribution in [0.1, 0.15) is 167 Å². The summed E-state index contributed by atoms with van der Waals surface area (Å²) in [6.07, 6.45) is 15.2. The minimum Gasteiger partial charge on any atom is -0.508 e. The molecule has 11 amide bonds. The zero-order chi connectivity index (χ0) is 77.6. The maximum absolute atomic E-state index is 14.9. The van der Waals surface area contributed by atoms with Gasteiger partial charge in [-0.15, -0.1) is 0 Å². The number of H-pyrrole nitrogens is 1. The van der Waals surface area contributed by atoms with Gasteiger partial charge in [0.2, 0.25) is 65.0 Å². The number of aromatic nitrogens is 2. The number of unbranched alkanes of at least 4 members (excludes halogenated alkanes) is 12. The van der Waals surface area contributed by atoms with Crippen LogP contribution >= 0.6 is 0 Å². The van der Waals surface area contributed by atoms with Gasteiger partial charge in [-0.3, -0.25) is 62.7 Å². The SMILES string of the molecule is CCCCCCCCCCCCCCCC(=O)NCC(=O)N[C@@H](CO)C(=O)N[C@@H](Cc1ccc(O)cc1)C(=O)N[C@@H](Cc1ccccc1)C(=O)N[C@@H](CCCN=C(N)N)C(=O)N[C@@H](CCCN=C(N)N)C(=O)N[C@@H](CC(C)C)C(=O)N[C@@H](Cc1cnc[nH]1)C(=O)N[C@@H](CO)C(=O)N[C@H](C(=O)NC)[C@@H](C)O. The van der Waals surface area contributed by atoms with Crippen molar-refractivity contribution in [1.82, 2.24) is 68.5 Å². The zero-order valence-electron chi connectivity index (χ0n) is 61.2. The monoisotopic (exact) mass is 1470 g/mol. The second-order valence-corrected chi connectivity index (χ2v) is 26.4. The Labute approximate surface area is 614 Å². The number of likely N-dealkylation sites (N-methyl/N-ethyl adjacent to an activating group) is 1. The van der Waals surface area contributed by atoms with Crippen LogP contribution in [0.3, 0.4) is 0 Å². The molecule has 1 heterocycles. The van der Waals surface area contributed by atoms with Crippen molar-refractivity contribution >= 4 is 76.9 Å². The molecule has 3 aromatic rings. The second-order valence-electron chi connectivity index (χ2n) is 26.4. The van der Waals surface area contributed by atoms with Gasteiger partial charge in [0.15, 0.2) is 11.9 Å². The first-order valence-electron chi connectivity index (χ1n) is 36.2. The number of aliphatic hydroxyl groups excluding tert-OH is 3. The number of aromatic hydroxyl groups is 1. The number of benzene rings is 2. The minimum absolute atomic E-state index is 0.0388. The Morgan fingerprint density at radius 2 is 0.886 bits per heavy atom. The molecule has 10 atom stereocenters. The fourth-order valence-corrected chi connectivity index (χ4v) is 11.1. The molecule has 0 saturated carbocycles. The highest BCUT2D eigenvalue weighted by Crippen LogP contribution is 2.17. The van der Waals surface area contributed by atoms with Crippen LogP contribution in [0.5, 0.6) is 5.75 Å². The van der Waals surface area contributed by atoms with Gasteiger partial charge in [0.05, 0.1) is 32.2 Å². The van der Waals surface area contributed by atoms with Gasteiger partial charge in [-0.25, -0.2) is 4.98 Å².